The molecule has 7 atom stereocenters. The number of para-hydroxylation sites is 1. The number of fused-ring (bicyclic) bond motifs is 3. The summed E-state index contributed by atoms with van der Waals surface area (Å²) in [4.78, 5) is 139. The molecule has 9 amide bonds. The highest BCUT2D eigenvalue weighted by Gasteiger charge is 2.44. The molecule has 6 rings (SSSR count). The van der Waals surface area contributed by atoms with E-state index in [1.165, 1.54) is 26.4 Å². The highest BCUT2D eigenvalue weighted by atomic mass is 16.2. The normalized spacial score (nSPS) is 23.8. The van der Waals surface area contributed by atoms with Crippen LogP contribution in [0, 0.1) is 0 Å². The molecule has 2 aliphatic rings. The SMILES string of the molecule is CC(=O)[C@@H]1CNC(=O)C[C@@H]2NC(=O)N(C2=O)[C@H](C)C(=O)N[C@@H](Cc2cnc[nH]2)C(=O)N[C@H](Cc2ccccc2)C(=O)N[C@@H](CCCN=C(N)N)C(=O)N[C@@H](Cc2c[nH]c3ccccc23)C(=O)N1. The number of rotatable bonds is 11. The Bertz CT molecular complexity index is 2510. The number of carbonyl (C=O) groups excluding carboxylic acids is 9. The summed E-state index contributed by atoms with van der Waals surface area (Å²) in [6.07, 6.45) is 3.63. The van der Waals surface area contributed by atoms with Gasteiger partial charge in [0.05, 0.1) is 12.7 Å². The van der Waals surface area contributed by atoms with Crippen molar-refractivity contribution in [3.8, 4) is 0 Å². The highest BCUT2D eigenvalue weighted by Crippen LogP contribution is 2.20. The Hall–Kier alpha value is -8.11. The molecule has 0 unspecified atom stereocenters. The van der Waals surface area contributed by atoms with E-state index in [0.717, 1.165) is 10.9 Å². The molecule has 23 nitrogen and oxygen atoms in total. The minimum atomic E-state index is -1.49. The van der Waals surface area contributed by atoms with Gasteiger partial charge >= 0.3 is 6.03 Å². The van der Waals surface area contributed by atoms with Gasteiger partial charge < -0.3 is 58.7 Å². The lowest BCUT2D eigenvalue weighted by Gasteiger charge is -2.28. The van der Waals surface area contributed by atoms with E-state index in [4.69, 9.17) is 11.5 Å². The number of urea groups is 1. The van der Waals surface area contributed by atoms with Crippen molar-refractivity contribution < 1.29 is 43.2 Å². The summed E-state index contributed by atoms with van der Waals surface area (Å²) in [5.74, 6) is -6.64. The fourth-order valence-corrected chi connectivity index (χ4v) is 7.71. The molecule has 4 aromatic rings. The fourth-order valence-electron chi connectivity index (χ4n) is 7.71. The van der Waals surface area contributed by atoms with Crippen LogP contribution in [0.25, 0.3) is 10.9 Å². The number of imide groups is 1. The molecule has 0 spiro atoms. The summed E-state index contributed by atoms with van der Waals surface area (Å²) in [7, 11) is 0. The van der Waals surface area contributed by atoms with E-state index in [2.05, 4.69) is 57.2 Å². The Kier molecular flexibility index (Phi) is 16.0. The number of aliphatic imine (C=N–C) groups is 1. The minimum absolute atomic E-state index is 0.0515. The number of amides is 9. The second kappa shape index (κ2) is 22.2. The number of hydrogen-bond donors (Lipinski definition) is 11. The number of carbonyl (C=O) groups is 9. The lowest BCUT2D eigenvalue weighted by Crippen LogP contribution is -2.60. The molecule has 2 fully saturated rings. The summed E-state index contributed by atoms with van der Waals surface area (Å²) in [5, 5.41) is 19.1. The molecule has 4 heterocycles. The van der Waals surface area contributed by atoms with E-state index < -0.39 is 108 Å². The number of hydrogen-bond acceptors (Lipinski definition) is 11. The number of nitrogens with one attached hydrogen (secondary N) is 9. The maximum Gasteiger partial charge on any atom is 0.325 e. The first-order chi connectivity index (χ1) is 32.1. The number of aromatic amines is 2. The van der Waals surface area contributed by atoms with Gasteiger partial charge in [0.25, 0.3) is 5.91 Å². The number of benzene rings is 2. The zero-order valence-electron chi connectivity index (χ0n) is 36.8. The zero-order valence-corrected chi connectivity index (χ0v) is 36.8. The van der Waals surface area contributed by atoms with Gasteiger partial charge in [-0.05, 0) is 43.9 Å². The van der Waals surface area contributed by atoms with Gasteiger partial charge in [-0.2, -0.15) is 0 Å². The lowest BCUT2D eigenvalue weighted by molar-refractivity contribution is -0.138. The quantitative estimate of drug-likeness (QED) is 0.0331. The topological polar surface area (TPSA) is 350 Å². The largest absolute Gasteiger partial charge is 0.370 e. The van der Waals surface area contributed by atoms with Gasteiger partial charge in [-0.3, -0.25) is 48.2 Å². The van der Waals surface area contributed by atoms with Crippen LogP contribution in [0.2, 0.25) is 0 Å². The minimum Gasteiger partial charge on any atom is -0.370 e. The third-order valence-electron chi connectivity index (χ3n) is 11.4. The molecule has 2 aliphatic heterocycles. The summed E-state index contributed by atoms with van der Waals surface area (Å²) >= 11 is 0. The van der Waals surface area contributed by atoms with Gasteiger partial charge in [0.1, 0.15) is 42.3 Å². The van der Waals surface area contributed by atoms with Crippen LogP contribution in [0.5, 0.6) is 0 Å². The van der Waals surface area contributed by atoms with Crippen molar-refractivity contribution in [3.05, 3.63) is 90.1 Å². The molecule has 0 aliphatic carbocycles. The van der Waals surface area contributed by atoms with Gasteiger partial charge in [-0.1, -0.05) is 48.5 Å². The summed E-state index contributed by atoms with van der Waals surface area (Å²) in [5.41, 5.74) is 13.5. The van der Waals surface area contributed by atoms with Gasteiger partial charge in [-0.25, -0.2) is 9.78 Å². The van der Waals surface area contributed by atoms with Gasteiger partial charge in [-0.15, -0.1) is 0 Å². The summed E-state index contributed by atoms with van der Waals surface area (Å²) in [6, 6.07) is 5.26. The predicted octanol–water partition coefficient (Wildman–Crippen LogP) is -2.19. The van der Waals surface area contributed by atoms with Crippen molar-refractivity contribution in [3.63, 3.8) is 0 Å². The Morgan fingerprint density at radius 3 is 2.06 bits per heavy atom. The van der Waals surface area contributed by atoms with E-state index in [-0.39, 0.29) is 44.6 Å². The molecule has 23 heteroatoms. The number of nitrogens with zero attached hydrogens (tertiary/aromatic N) is 3. The van der Waals surface area contributed by atoms with E-state index in [1.807, 2.05) is 18.2 Å². The number of imidazole rings is 1. The molecule has 2 aromatic heterocycles. The molecule has 13 N–H and O–H groups in total. The average molecular weight is 923 g/mol. The van der Waals surface area contributed by atoms with Crippen molar-refractivity contribution in [2.75, 3.05) is 13.1 Å². The lowest BCUT2D eigenvalue weighted by atomic mass is 10.0. The predicted molar refractivity (Wildman–Crippen MR) is 241 cm³/mol. The Morgan fingerprint density at radius 2 is 1.37 bits per heavy atom. The number of Topliss-reactive ketones (excluding diaryl/α,β-unsaturated/α-hetero) is 1. The average Bonchev–Trinajstić information content (AvgIpc) is 4.03. The molecule has 354 valence electrons. The third kappa shape index (κ3) is 12.8. The maximum absolute atomic E-state index is 14.5. The standard InChI is InChI=1S/C44H54N14O9/c1-23-37(61)53-33(17-27-20-47-22-51-27)41(65)54-31(15-25-9-4-3-5-10-25)39(63)52-30(13-8-14-48-43(45)46)38(62)55-32(16-26-19-49-29-12-7-6-11-28(26)29)40(64)56-35(24(2)59)21-50-36(60)18-34-42(66)58(23)44(67)57-34/h3-7,9-12,19-20,22-23,30-35,49H,8,13-18,21H2,1-2H3,(H,47,51)(H,50,60)(H,52,63)(H,53,61)(H,54,65)(H,55,62)(H,56,64)(H,57,67)(H4,45,46,48)/t23-,30+,31-,32+,33+,34+,35+/m1/s1. The van der Waals surface area contributed by atoms with Crippen molar-refractivity contribution in [1.29, 1.82) is 0 Å². The molecule has 2 aromatic carbocycles. The second-order valence-electron chi connectivity index (χ2n) is 16.3. The molecule has 0 radical (unpaired) electrons. The first kappa shape index (κ1) is 48.3. The monoisotopic (exact) mass is 922 g/mol. The first-order valence-corrected chi connectivity index (χ1v) is 21.6. The van der Waals surface area contributed by atoms with Crippen LogP contribution < -0.4 is 48.7 Å². The van der Waals surface area contributed by atoms with Crippen molar-refractivity contribution >= 4 is 70.0 Å². The van der Waals surface area contributed by atoms with Crippen LogP contribution in [-0.4, -0.2) is 134 Å². The van der Waals surface area contributed by atoms with Gasteiger partial charge in [0.15, 0.2) is 11.7 Å². The fraction of sp³-hybridized carbons (Fsp3) is 0.386. The second-order valence-corrected chi connectivity index (χ2v) is 16.3. The van der Waals surface area contributed by atoms with Crippen LogP contribution in [0.3, 0.4) is 0 Å². The van der Waals surface area contributed by atoms with Crippen LogP contribution >= 0.6 is 0 Å². The van der Waals surface area contributed by atoms with Crippen molar-refractivity contribution in [1.82, 2.24) is 57.1 Å². The van der Waals surface area contributed by atoms with Crippen molar-refractivity contribution in [2.24, 2.45) is 16.5 Å². The van der Waals surface area contributed by atoms with E-state index >= 15 is 0 Å². The van der Waals surface area contributed by atoms with Crippen LogP contribution in [0.4, 0.5) is 4.79 Å². The third-order valence-corrected chi connectivity index (χ3v) is 11.4. The Labute approximate surface area is 383 Å². The summed E-state index contributed by atoms with van der Waals surface area (Å²) in [6.45, 7) is 2.08. The maximum atomic E-state index is 14.5. The molecular weight excluding hydrogens is 869 g/mol. The van der Waals surface area contributed by atoms with E-state index in [0.29, 0.717) is 21.7 Å². The Morgan fingerprint density at radius 1 is 0.746 bits per heavy atom. The smallest absolute Gasteiger partial charge is 0.325 e. The Balaban J connectivity index is 1.38. The van der Waals surface area contributed by atoms with Gasteiger partial charge in [0, 0.05) is 61.3 Å². The van der Waals surface area contributed by atoms with Crippen LogP contribution in [-0.2, 0) is 57.6 Å². The summed E-state index contributed by atoms with van der Waals surface area (Å²) < 4.78 is 0. The van der Waals surface area contributed by atoms with E-state index in [9.17, 15) is 43.2 Å². The van der Waals surface area contributed by atoms with Crippen molar-refractivity contribution in [2.45, 2.75) is 94.7 Å². The first-order valence-electron chi connectivity index (χ1n) is 21.6. The number of nitrogens with two attached hydrogens (primary N) is 2. The molecule has 0 saturated carbocycles. The van der Waals surface area contributed by atoms with Crippen LogP contribution in [0.1, 0.15) is 49.9 Å². The number of aromatic nitrogens is 3. The zero-order chi connectivity index (χ0) is 48.2. The van der Waals surface area contributed by atoms with Gasteiger partial charge in [0.2, 0.25) is 35.4 Å². The molecular formula is C44H54N14O9. The van der Waals surface area contributed by atoms with Crippen LogP contribution in [0.15, 0.2) is 78.3 Å². The highest BCUT2D eigenvalue weighted by molar-refractivity contribution is 6.09. The molecule has 2 bridgehead atoms. The number of ketones is 1. The number of guanidine groups is 1. The van der Waals surface area contributed by atoms with E-state index in [1.54, 1.807) is 42.6 Å². The number of H-pyrrole nitrogens is 2. The molecule has 2 saturated heterocycles. The molecule has 67 heavy (non-hydrogen) atoms.